The average Bonchev–Trinajstić information content (AvgIpc) is 3.52. The molecule has 2 N–H and O–H groups in total. The quantitative estimate of drug-likeness (QED) is 0.725. The van der Waals surface area contributed by atoms with Gasteiger partial charge in [0.05, 0.1) is 6.61 Å². The van der Waals surface area contributed by atoms with Crippen LogP contribution in [0.2, 0.25) is 0 Å². The molecule has 1 fully saturated rings. The van der Waals surface area contributed by atoms with Crippen molar-refractivity contribution in [1.82, 2.24) is 4.90 Å². The third kappa shape index (κ3) is 3.80. The lowest BCUT2D eigenvalue weighted by molar-refractivity contribution is -0.129. The van der Waals surface area contributed by atoms with Crippen molar-refractivity contribution in [3.63, 3.8) is 0 Å². The number of aryl methyl sites for hydroxylation is 1. The van der Waals surface area contributed by atoms with E-state index in [-0.39, 0.29) is 17.5 Å². The van der Waals surface area contributed by atoms with Gasteiger partial charge >= 0.3 is 6.61 Å². The Kier molecular flexibility index (Phi) is 5.28. The van der Waals surface area contributed by atoms with Gasteiger partial charge in [-0.1, -0.05) is 12.1 Å². The van der Waals surface area contributed by atoms with Crippen LogP contribution in [-0.4, -0.2) is 37.0 Å². The van der Waals surface area contributed by atoms with Crippen LogP contribution in [0.4, 0.5) is 13.2 Å². The van der Waals surface area contributed by atoms with Gasteiger partial charge in [-0.3, -0.25) is 9.69 Å². The summed E-state index contributed by atoms with van der Waals surface area (Å²) >= 11 is 0. The molecule has 0 unspecified atom stereocenters. The van der Waals surface area contributed by atoms with Crippen molar-refractivity contribution >= 4 is 11.9 Å². The van der Waals surface area contributed by atoms with E-state index in [9.17, 15) is 18.0 Å². The van der Waals surface area contributed by atoms with Gasteiger partial charge in [-0.05, 0) is 66.6 Å². The van der Waals surface area contributed by atoms with Gasteiger partial charge in [0.15, 0.2) is 23.1 Å². The minimum Gasteiger partial charge on any atom is -0.490 e. The Bertz CT molecular complexity index is 1060. The van der Waals surface area contributed by atoms with E-state index >= 15 is 0 Å². The summed E-state index contributed by atoms with van der Waals surface area (Å²) in [6.45, 7) is -1.000. The molecule has 1 heterocycles. The summed E-state index contributed by atoms with van der Waals surface area (Å²) in [5, 5.41) is 0. The largest absolute Gasteiger partial charge is 0.490 e. The van der Waals surface area contributed by atoms with Crippen molar-refractivity contribution in [3.8, 4) is 11.5 Å². The zero-order valence-corrected chi connectivity index (χ0v) is 17.1. The highest BCUT2D eigenvalue weighted by Gasteiger charge is 2.50. The van der Waals surface area contributed by atoms with Crippen LogP contribution in [0.1, 0.15) is 29.5 Å². The van der Waals surface area contributed by atoms with E-state index in [1.165, 1.54) is 42.3 Å². The predicted molar refractivity (Wildman–Crippen MR) is 108 cm³/mol. The molecule has 2 aliphatic rings. The lowest BCUT2D eigenvalue weighted by Crippen LogP contribution is -2.41. The van der Waals surface area contributed by atoms with E-state index in [1.54, 1.807) is 13.0 Å². The molecule has 31 heavy (non-hydrogen) atoms. The second kappa shape index (κ2) is 7.79. The van der Waals surface area contributed by atoms with Gasteiger partial charge in [0.1, 0.15) is 5.75 Å². The van der Waals surface area contributed by atoms with E-state index in [0.717, 1.165) is 12.8 Å². The molecule has 1 atom stereocenters. The molecule has 0 radical (unpaired) electrons. The Hall–Kier alpha value is -3.23. The lowest BCUT2D eigenvalue weighted by Gasteiger charge is -2.27. The highest BCUT2D eigenvalue weighted by molar-refractivity contribution is 6.09. The van der Waals surface area contributed by atoms with Crippen LogP contribution in [0.15, 0.2) is 41.4 Å². The maximum Gasteiger partial charge on any atom is 0.387 e. The number of amides is 1. The van der Waals surface area contributed by atoms with Crippen molar-refractivity contribution in [3.05, 3.63) is 58.9 Å². The van der Waals surface area contributed by atoms with Gasteiger partial charge < -0.3 is 15.2 Å². The summed E-state index contributed by atoms with van der Waals surface area (Å²) in [6, 6.07) is 8.49. The Morgan fingerprint density at radius 1 is 1.19 bits per heavy atom. The number of aliphatic imine (C=N–C) groups is 1. The maximum atomic E-state index is 14.4. The van der Waals surface area contributed by atoms with Gasteiger partial charge in [0.2, 0.25) is 0 Å². The molecule has 0 spiro atoms. The highest BCUT2D eigenvalue weighted by atomic mass is 19.3. The third-order valence-corrected chi connectivity index (χ3v) is 5.57. The number of nitrogens with zero attached hydrogens (tertiary/aromatic N) is 2. The fourth-order valence-electron chi connectivity index (χ4n) is 3.62. The number of ether oxygens (including phenoxy) is 2. The van der Waals surface area contributed by atoms with Crippen LogP contribution in [0.25, 0.3) is 0 Å². The number of nitrogens with two attached hydrogens (primary N) is 1. The van der Waals surface area contributed by atoms with Crippen molar-refractivity contribution in [2.45, 2.75) is 31.9 Å². The average molecular weight is 433 g/mol. The summed E-state index contributed by atoms with van der Waals surface area (Å²) in [5.74, 6) is -0.597. The molecule has 164 valence electrons. The first-order valence-electron chi connectivity index (χ1n) is 9.84. The van der Waals surface area contributed by atoms with Crippen LogP contribution >= 0.6 is 0 Å². The normalized spacial score (nSPS) is 20.9. The summed E-state index contributed by atoms with van der Waals surface area (Å²) < 4.78 is 49.8. The van der Waals surface area contributed by atoms with Crippen LogP contribution in [0.5, 0.6) is 11.5 Å². The fraction of sp³-hybridized carbons (Fsp3) is 0.364. The van der Waals surface area contributed by atoms with Gasteiger partial charge in [-0.2, -0.15) is 8.78 Å². The molecule has 0 saturated heterocycles. The van der Waals surface area contributed by atoms with Crippen molar-refractivity contribution < 1.29 is 27.4 Å². The molecule has 0 aromatic heterocycles. The lowest BCUT2D eigenvalue weighted by atomic mass is 9.82. The molecule has 6 nitrogen and oxygen atoms in total. The van der Waals surface area contributed by atoms with Crippen molar-refractivity contribution in [1.29, 1.82) is 0 Å². The fourth-order valence-corrected chi connectivity index (χ4v) is 3.62. The molecule has 9 heteroatoms. The zero-order chi connectivity index (χ0) is 22.3. The molecule has 0 bridgehead atoms. The molecular formula is C22H22F3N3O3. The number of benzene rings is 2. The Balaban J connectivity index is 1.81. The Morgan fingerprint density at radius 2 is 1.87 bits per heavy atom. The number of halogens is 3. The number of carbonyl (C=O) groups excluding carboxylic acids is 1. The van der Waals surface area contributed by atoms with Gasteiger partial charge in [0.25, 0.3) is 5.91 Å². The first-order chi connectivity index (χ1) is 14.7. The van der Waals surface area contributed by atoms with E-state index < -0.39 is 23.9 Å². The molecular weight excluding hydrogens is 411 g/mol. The van der Waals surface area contributed by atoms with E-state index in [0.29, 0.717) is 29.2 Å². The SMILES string of the molecule is Cc1cc([C@@]2(c3ccc(F)c(OCC4CC4)c3)N=C(N)N(C)C2=O)ccc1OC(F)F. The summed E-state index contributed by atoms with van der Waals surface area (Å²) in [6.07, 6.45) is 2.09. The minimum atomic E-state index is -2.98. The van der Waals surface area contributed by atoms with E-state index in [4.69, 9.17) is 10.5 Å². The van der Waals surface area contributed by atoms with Gasteiger partial charge in [-0.15, -0.1) is 0 Å². The highest BCUT2D eigenvalue weighted by Crippen LogP contribution is 2.42. The maximum absolute atomic E-state index is 14.4. The van der Waals surface area contributed by atoms with E-state index in [2.05, 4.69) is 9.73 Å². The number of likely N-dealkylation sites (N-methyl/N-ethyl adjacent to an activating group) is 1. The smallest absolute Gasteiger partial charge is 0.387 e. The molecule has 1 aliphatic carbocycles. The van der Waals surface area contributed by atoms with Gasteiger partial charge in [-0.25, -0.2) is 9.38 Å². The Labute approximate surface area is 177 Å². The number of rotatable bonds is 7. The second-order valence-corrected chi connectivity index (χ2v) is 7.80. The zero-order valence-electron chi connectivity index (χ0n) is 17.1. The van der Waals surface area contributed by atoms with Crippen molar-refractivity contribution in [2.24, 2.45) is 16.6 Å². The first-order valence-corrected chi connectivity index (χ1v) is 9.84. The van der Waals surface area contributed by atoms with Crippen LogP contribution in [0, 0.1) is 18.7 Å². The molecule has 2 aromatic carbocycles. The standard InChI is InChI=1S/C22H22F3N3O3/c1-12-9-14(6-8-17(12)31-20(24)25)22(19(29)28(2)21(26)27-22)15-5-7-16(23)18(10-15)30-11-13-3-4-13/h5-10,13,20H,3-4,11H2,1-2H3,(H2,26,27)/t22-/m0/s1. The topological polar surface area (TPSA) is 77.2 Å². The Morgan fingerprint density at radius 3 is 2.45 bits per heavy atom. The number of carbonyl (C=O) groups is 1. The molecule has 1 aliphatic heterocycles. The molecule has 2 aromatic rings. The second-order valence-electron chi connectivity index (χ2n) is 7.80. The van der Waals surface area contributed by atoms with Crippen LogP contribution in [0.3, 0.4) is 0 Å². The van der Waals surface area contributed by atoms with Crippen molar-refractivity contribution in [2.75, 3.05) is 13.7 Å². The summed E-state index contributed by atoms with van der Waals surface area (Å²) in [7, 11) is 1.48. The van der Waals surface area contributed by atoms with Crippen LogP contribution in [-0.2, 0) is 10.3 Å². The summed E-state index contributed by atoms with van der Waals surface area (Å²) in [5.41, 5.74) is 5.50. The van der Waals surface area contributed by atoms with E-state index in [1.807, 2.05) is 0 Å². The number of hydrogen-bond acceptors (Lipinski definition) is 5. The number of alkyl halides is 2. The number of hydrogen-bond donors (Lipinski definition) is 1. The van der Waals surface area contributed by atoms with Crippen LogP contribution < -0.4 is 15.2 Å². The number of guanidine groups is 1. The first kappa shape index (κ1) is 21.0. The van der Waals surface area contributed by atoms with Gasteiger partial charge in [0, 0.05) is 7.05 Å². The monoisotopic (exact) mass is 433 g/mol. The molecule has 1 saturated carbocycles. The molecule has 4 rings (SSSR count). The molecule has 1 amide bonds. The predicted octanol–water partition coefficient (Wildman–Crippen LogP) is 3.55. The minimum absolute atomic E-state index is 0.0136. The summed E-state index contributed by atoms with van der Waals surface area (Å²) in [4.78, 5) is 19.0. The third-order valence-electron chi connectivity index (χ3n) is 5.57.